The molecule has 140 valence electrons. The Hall–Kier alpha value is -2.44. The second kappa shape index (κ2) is 8.06. The Morgan fingerprint density at radius 1 is 1.11 bits per heavy atom. The number of amides is 1. The molecule has 2 aromatic carbocycles. The van der Waals surface area contributed by atoms with Gasteiger partial charge in [-0.05, 0) is 61.0 Å². The highest BCUT2D eigenvalue weighted by molar-refractivity contribution is 9.10. The molecule has 1 heterocycles. The summed E-state index contributed by atoms with van der Waals surface area (Å²) in [5.74, 6) is 0.181. The number of carbonyl (C=O) groups is 1. The van der Waals surface area contributed by atoms with Crippen LogP contribution in [0.25, 0.3) is 10.8 Å². The monoisotopic (exact) mass is 428 g/mol. The topological polar surface area (TPSA) is 60.5 Å². The average molecular weight is 429 g/mol. The maximum Gasteiger partial charge on any atom is 0.290 e. The predicted octanol–water partition coefficient (Wildman–Crippen LogP) is 4.40. The number of hydrogen-bond acceptors (Lipinski definition) is 4. The molecule has 0 radical (unpaired) electrons. The molecule has 5 nitrogen and oxygen atoms in total. The van der Waals surface area contributed by atoms with Gasteiger partial charge in [0, 0.05) is 17.8 Å². The fourth-order valence-electron chi connectivity index (χ4n) is 2.76. The van der Waals surface area contributed by atoms with Gasteiger partial charge in [-0.25, -0.2) is 0 Å². The number of methoxy groups -OCH3 is 1. The average Bonchev–Trinajstić information content (AvgIpc) is 2.66. The van der Waals surface area contributed by atoms with Crippen molar-refractivity contribution in [2.24, 2.45) is 0 Å². The summed E-state index contributed by atoms with van der Waals surface area (Å²) in [7, 11) is 1.44. The highest BCUT2D eigenvalue weighted by Crippen LogP contribution is 2.25. The molecule has 1 unspecified atom stereocenters. The smallest absolute Gasteiger partial charge is 0.290 e. The van der Waals surface area contributed by atoms with E-state index in [1.165, 1.54) is 7.11 Å². The van der Waals surface area contributed by atoms with Gasteiger partial charge in [0.25, 0.3) is 12.2 Å². The molecule has 3 rings (SSSR count). The summed E-state index contributed by atoms with van der Waals surface area (Å²) in [6.45, 7) is 3.76. The van der Waals surface area contributed by atoms with E-state index in [2.05, 4.69) is 26.2 Å². The first-order valence-corrected chi connectivity index (χ1v) is 9.31. The summed E-state index contributed by atoms with van der Waals surface area (Å²) in [6, 6.07) is 17.2. The van der Waals surface area contributed by atoms with Crippen LogP contribution in [0, 0.1) is 0 Å². The minimum Gasteiger partial charge on any atom is -0.455 e. The van der Waals surface area contributed by atoms with Gasteiger partial charge in [0.15, 0.2) is 0 Å². The number of ether oxygens (including phenoxy) is 2. The van der Waals surface area contributed by atoms with Gasteiger partial charge in [0.2, 0.25) is 0 Å². The normalized spacial score (nSPS) is 12.6. The third-order valence-electron chi connectivity index (χ3n) is 4.19. The van der Waals surface area contributed by atoms with Crippen molar-refractivity contribution in [3.8, 4) is 5.75 Å². The van der Waals surface area contributed by atoms with Crippen LogP contribution in [-0.4, -0.2) is 24.3 Å². The molecule has 1 atom stereocenters. The summed E-state index contributed by atoms with van der Waals surface area (Å²) in [5, 5.41) is 5.02. The third-order valence-corrected chi connectivity index (χ3v) is 4.68. The number of carbonyl (C=O) groups excluding carboxylic acids is 1. The van der Waals surface area contributed by atoms with Crippen molar-refractivity contribution in [1.29, 1.82) is 0 Å². The Bertz CT molecular complexity index is 945. The Labute approximate surface area is 166 Å². The lowest BCUT2D eigenvalue weighted by atomic mass is 10.00. The molecule has 6 heteroatoms. The number of benzene rings is 2. The lowest BCUT2D eigenvalue weighted by molar-refractivity contribution is -0.150. The van der Waals surface area contributed by atoms with Crippen LogP contribution >= 0.6 is 15.9 Å². The van der Waals surface area contributed by atoms with Gasteiger partial charge >= 0.3 is 0 Å². The second-order valence-electron chi connectivity index (χ2n) is 6.67. The molecule has 0 aliphatic heterocycles. The minimum absolute atomic E-state index is 0.373. The summed E-state index contributed by atoms with van der Waals surface area (Å²) < 4.78 is 12.0. The zero-order chi connectivity index (χ0) is 19.4. The Balaban J connectivity index is 1.75. The van der Waals surface area contributed by atoms with Crippen LogP contribution in [0.1, 0.15) is 19.5 Å². The lowest BCUT2D eigenvalue weighted by Crippen LogP contribution is -2.48. The van der Waals surface area contributed by atoms with Crippen molar-refractivity contribution in [3.63, 3.8) is 0 Å². The first-order valence-electron chi connectivity index (χ1n) is 8.51. The standard InChI is InChI=1S/C21H21BrN2O3/c1-21(2,18-6-4-5-11-23-18)24-19(25)20(26-3)27-17-10-8-14-7-9-16(22)12-15(14)13-17/h4-13,20H,1-3H3,(H,24,25). The van der Waals surface area contributed by atoms with E-state index < -0.39 is 11.8 Å². The van der Waals surface area contributed by atoms with Gasteiger partial charge in [0.1, 0.15) is 5.75 Å². The first kappa shape index (κ1) is 19.3. The van der Waals surface area contributed by atoms with E-state index in [1.807, 2.05) is 68.4 Å². The molecule has 27 heavy (non-hydrogen) atoms. The van der Waals surface area contributed by atoms with Gasteiger partial charge in [-0.3, -0.25) is 9.78 Å². The van der Waals surface area contributed by atoms with Gasteiger partial charge in [-0.2, -0.15) is 0 Å². The molecule has 0 aliphatic rings. The predicted molar refractivity (Wildman–Crippen MR) is 108 cm³/mol. The first-order chi connectivity index (χ1) is 12.9. The van der Waals surface area contributed by atoms with E-state index in [1.54, 1.807) is 6.20 Å². The number of rotatable bonds is 6. The number of nitrogens with zero attached hydrogens (tertiary/aromatic N) is 1. The molecule has 1 N–H and O–H groups in total. The molecule has 0 saturated heterocycles. The van der Waals surface area contributed by atoms with Crippen molar-refractivity contribution in [1.82, 2.24) is 10.3 Å². The van der Waals surface area contributed by atoms with E-state index >= 15 is 0 Å². The number of nitrogens with one attached hydrogen (secondary N) is 1. The van der Waals surface area contributed by atoms with E-state index in [4.69, 9.17) is 9.47 Å². The van der Waals surface area contributed by atoms with Crippen LogP contribution in [0.4, 0.5) is 0 Å². The van der Waals surface area contributed by atoms with Crippen molar-refractivity contribution in [2.75, 3.05) is 7.11 Å². The summed E-state index contributed by atoms with van der Waals surface area (Å²) in [5.41, 5.74) is 0.0935. The Kier molecular flexibility index (Phi) is 5.77. The molecular weight excluding hydrogens is 408 g/mol. The molecule has 0 fully saturated rings. The van der Waals surface area contributed by atoms with Crippen molar-refractivity contribution in [2.45, 2.75) is 25.7 Å². The SMILES string of the molecule is COC(Oc1ccc2ccc(Br)cc2c1)C(=O)NC(C)(C)c1ccccn1. The Morgan fingerprint density at radius 3 is 2.59 bits per heavy atom. The summed E-state index contributed by atoms with van der Waals surface area (Å²) >= 11 is 3.46. The maximum absolute atomic E-state index is 12.7. The van der Waals surface area contributed by atoms with E-state index in [0.717, 1.165) is 20.9 Å². The fraction of sp³-hybridized carbons (Fsp3) is 0.238. The highest BCUT2D eigenvalue weighted by atomic mass is 79.9. The maximum atomic E-state index is 12.7. The van der Waals surface area contributed by atoms with Crippen LogP contribution in [0.3, 0.4) is 0 Å². The van der Waals surface area contributed by atoms with E-state index in [0.29, 0.717) is 5.75 Å². The number of aromatic nitrogens is 1. The lowest BCUT2D eigenvalue weighted by Gasteiger charge is -2.28. The summed E-state index contributed by atoms with van der Waals surface area (Å²) in [4.78, 5) is 17.0. The quantitative estimate of drug-likeness (QED) is 0.591. The minimum atomic E-state index is -1.07. The van der Waals surface area contributed by atoms with Crippen molar-refractivity contribution in [3.05, 3.63) is 71.0 Å². The fourth-order valence-corrected chi connectivity index (χ4v) is 3.14. The summed E-state index contributed by atoms with van der Waals surface area (Å²) in [6.07, 6.45) is 0.624. The third kappa shape index (κ3) is 4.64. The molecule has 0 bridgehead atoms. The van der Waals surface area contributed by atoms with Gasteiger partial charge in [-0.15, -0.1) is 0 Å². The molecule has 3 aromatic rings. The number of hydrogen-bond donors (Lipinski definition) is 1. The number of fused-ring (bicyclic) bond motifs is 1. The van der Waals surface area contributed by atoms with Crippen LogP contribution < -0.4 is 10.1 Å². The van der Waals surface area contributed by atoms with Crippen LogP contribution in [0.15, 0.2) is 65.3 Å². The van der Waals surface area contributed by atoms with Gasteiger partial charge < -0.3 is 14.8 Å². The Morgan fingerprint density at radius 2 is 1.89 bits per heavy atom. The van der Waals surface area contributed by atoms with Crippen LogP contribution in [-0.2, 0) is 15.1 Å². The second-order valence-corrected chi connectivity index (χ2v) is 7.58. The van der Waals surface area contributed by atoms with Crippen LogP contribution in [0.5, 0.6) is 5.75 Å². The van der Waals surface area contributed by atoms with Gasteiger partial charge in [-0.1, -0.05) is 34.1 Å². The van der Waals surface area contributed by atoms with E-state index in [9.17, 15) is 4.79 Å². The van der Waals surface area contributed by atoms with Crippen molar-refractivity contribution < 1.29 is 14.3 Å². The highest BCUT2D eigenvalue weighted by Gasteiger charge is 2.29. The molecule has 0 aliphatic carbocycles. The van der Waals surface area contributed by atoms with Crippen molar-refractivity contribution >= 4 is 32.6 Å². The zero-order valence-corrected chi connectivity index (χ0v) is 17.0. The van der Waals surface area contributed by atoms with Gasteiger partial charge in [0.05, 0.1) is 11.2 Å². The molecule has 1 aromatic heterocycles. The zero-order valence-electron chi connectivity index (χ0n) is 15.4. The molecule has 0 saturated carbocycles. The molecule has 0 spiro atoms. The largest absolute Gasteiger partial charge is 0.455 e. The molecular formula is C21H21BrN2O3. The number of pyridine rings is 1. The van der Waals surface area contributed by atoms with E-state index in [-0.39, 0.29) is 5.91 Å². The van der Waals surface area contributed by atoms with Crippen LogP contribution in [0.2, 0.25) is 0 Å². The number of halogens is 1. The molecule has 1 amide bonds.